The third kappa shape index (κ3) is 3.62. The van der Waals surface area contributed by atoms with Gasteiger partial charge in [-0.15, -0.1) is 0 Å². The molecule has 25 heavy (non-hydrogen) atoms. The van der Waals surface area contributed by atoms with Crippen LogP contribution in [0, 0.1) is 0 Å². The van der Waals surface area contributed by atoms with E-state index in [9.17, 15) is 9.59 Å². The molecule has 2 aromatic carbocycles. The van der Waals surface area contributed by atoms with Crippen molar-refractivity contribution in [1.82, 2.24) is 5.32 Å². The van der Waals surface area contributed by atoms with Crippen molar-refractivity contribution in [2.24, 2.45) is 0 Å². The first-order valence-electron chi connectivity index (χ1n) is 7.57. The number of carbonyl (C=O) groups excluding carboxylic acids is 1. The molecule has 7 nitrogen and oxygen atoms in total. The van der Waals surface area contributed by atoms with Crippen molar-refractivity contribution in [3.63, 3.8) is 0 Å². The summed E-state index contributed by atoms with van der Waals surface area (Å²) >= 11 is 0. The molecule has 0 saturated heterocycles. The fraction of sp³-hybridized carbons (Fsp3) is 0.222. The van der Waals surface area contributed by atoms with Crippen LogP contribution in [0.25, 0.3) is 11.1 Å². The molecule has 0 fully saturated rings. The predicted octanol–water partition coefficient (Wildman–Crippen LogP) is 1.15. The molecule has 132 valence electrons. The van der Waals surface area contributed by atoms with Crippen molar-refractivity contribution in [3.05, 3.63) is 59.7 Å². The van der Waals surface area contributed by atoms with Crippen LogP contribution in [-0.2, 0) is 9.53 Å². The zero-order valence-corrected chi connectivity index (χ0v) is 13.3. The van der Waals surface area contributed by atoms with Crippen LogP contribution in [0.4, 0.5) is 4.79 Å². The Balaban J connectivity index is 0.00000225. The second-order valence-electron chi connectivity index (χ2n) is 5.54. The van der Waals surface area contributed by atoms with Crippen LogP contribution in [0.2, 0.25) is 0 Å². The van der Waals surface area contributed by atoms with Crippen LogP contribution in [0.1, 0.15) is 17.0 Å². The van der Waals surface area contributed by atoms with Crippen LogP contribution in [0.5, 0.6) is 0 Å². The van der Waals surface area contributed by atoms with E-state index < -0.39 is 24.7 Å². The van der Waals surface area contributed by atoms with E-state index in [1.165, 1.54) is 0 Å². The second-order valence-corrected chi connectivity index (χ2v) is 5.54. The van der Waals surface area contributed by atoms with Gasteiger partial charge in [-0.1, -0.05) is 48.5 Å². The molecule has 7 heteroatoms. The summed E-state index contributed by atoms with van der Waals surface area (Å²) < 4.78 is 5.20. The molecule has 0 heterocycles. The number of rotatable bonds is 5. The van der Waals surface area contributed by atoms with E-state index in [0.29, 0.717) is 0 Å². The van der Waals surface area contributed by atoms with Crippen molar-refractivity contribution in [2.45, 2.75) is 12.0 Å². The Morgan fingerprint density at radius 2 is 1.56 bits per heavy atom. The summed E-state index contributed by atoms with van der Waals surface area (Å²) in [4.78, 5) is 22.6. The van der Waals surface area contributed by atoms with Crippen LogP contribution < -0.4 is 5.32 Å². The minimum Gasteiger partial charge on any atom is -0.480 e. The van der Waals surface area contributed by atoms with E-state index in [1.54, 1.807) is 0 Å². The number of aliphatic hydroxyl groups is 1. The highest BCUT2D eigenvalue weighted by Gasteiger charge is 2.29. The van der Waals surface area contributed by atoms with Crippen LogP contribution >= 0.6 is 0 Å². The molecule has 0 bridgehead atoms. The number of carboxylic acids is 1. The predicted molar refractivity (Wildman–Crippen MR) is 90.3 cm³/mol. The monoisotopic (exact) mass is 345 g/mol. The van der Waals surface area contributed by atoms with Gasteiger partial charge >= 0.3 is 12.1 Å². The van der Waals surface area contributed by atoms with Crippen LogP contribution in [0.15, 0.2) is 48.5 Å². The SMILES string of the molecule is O.O=C(N[C@H](CO)C(=O)O)OCC1c2ccccc2-c2ccccc21. The Labute approximate surface area is 144 Å². The van der Waals surface area contributed by atoms with Gasteiger partial charge in [0.15, 0.2) is 6.04 Å². The highest BCUT2D eigenvalue weighted by atomic mass is 16.5. The van der Waals surface area contributed by atoms with E-state index in [2.05, 4.69) is 5.32 Å². The molecule has 1 aliphatic rings. The standard InChI is InChI=1S/C18H17NO5.H2O/c20-9-16(17(21)22)19-18(23)24-10-15-13-7-3-1-5-11(13)12-6-2-4-8-14(12)15;/h1-8,15-16,20H,9-10H2,(H,19,23)(H,21,22);1H2/t16-;/m1./s1. The van der Waals surface area contributed by atoms with Gasteiger partial charge in [0, 0.05) is 5.92 Å². The Morgan fingerprint density at radius 1 is 1.04 bits per heavy atom. The van der Waals surface area contributed by atoms with Gasteiger partial charge in [0.05, 0.1) is 6.61 Å². The van der Waals surface area contributed by atoms with Gasteiger partial charge in [-0.2, -0.15) is 0 Å². The number of amides is 1. The first-order chi connectivity index (χ1) is 11.6. The number of ether oxygens (including phenoxy) is 1. The molecule has 0 aliphatic heterocycles. The van der Waals surface area contributed by atoms with E-state index >= 15 is 0 Å². The van der Waals surface area contributed by atoms with Crippen molar-refractivity contribution in [3.8, 4) is 11.1 Å². The van der Waals surface area contributed by atoms with Gasteiger partial charge in [-0.05, 0) is 22.3 Å². The fourth-order valence-corrected chi connectivity index (χ4v) is 2.97. The molecule has 0 unspecified atom stereocenters. The average molecular weight is 345 g/mol. The molecule has 0 spiro atoms. The van der Waals surface area contributed by atoms with Crippen LogP contribution in [-0.4, -0.2) is 47.0 Å². The average Bonchev–Trinajstić information content (AvgIpc) is 2.91. The van der Waals surface area contributed by atoms with Gasteiger partial charge in [-0.25, -0.2) is 9.59 Å². The zero-order chi connectivity index (χ0) is 17.1. The molecule has 1 atom stereocenters. The van der Waals surface area contributed by atoms with Gasteiger partial charge in [0.1, 0.15) is 6.61 Å². The number of carboxylic acid groups (broad SMARTS) is 1. The molecule has 1 amide bonds. The summed E-state index contributed by atoms with van der Waals surface area (Å²) in [5, 5.41) is 19.9. The molecule has 5 N–H and O–H groups in total. The highest BCUT2D eigenvalue weighted by molar-refractivity contribution is 5.81. The normalized spacial score (nSPS) is 13.2. The maximum Gasteiger partial charge on any atom is 0.407 e. The van der Waals surface area contributed by atoms with Gasteiger partial charge in [0.25, 0.3) is 0 Å². The first kappa shape index (κ1) is 18.4. The third-order valence-electron chi connectivity index (χ3n) is 4.12. The molecule has 1 aliphatic carbocycles. The summed E-state index contributed by atoms with van der Waals surface area (Å²) in [6, 6.07) is 14.5. The zero-order valence-electron chi connectivity index (χ0n) is 13.3. The minimum absolute atomic E-state index is 0. The first-order valence-corrected chi connectivity index (χ1v) is 7.57. The number of hydrogen-bond donors (Lipinski definition) is 3. The lowest BCUT2D eigenvalue weighted by Gasteiger charge is -2.16. The Bertz CT molecular complexity index is 730. The van der Waals surface area contributed by atoms with Crippen molar-refractivity contribution >= 4 is 12.1 Å². The quantitative estimate of drug-likeness (QED) is 0.749. The Kier molecular flexibility index (Phi) is 5.74. The molecule has 3 rings (SSSR count). The largest absolute Gasteiger partial charge is 0.480 e. The van der Waals surface area contributed by atoms with E-state index in [1.807, 2.05) is 48.5 Å². The van der Waals surface area contributed by atoms with Crippen molar-refractivity contribution < 1.29 is 30.0 Å². The van der Waals surface area contributed by atoms with Gasteiger partial charge in [-0.3, -0.25) is 0 Å². The summed E-state index contributed by atoms with van der Waals surface area (Å²) in [5.41, 5.74) is 4.37. The van der Waals surface area contributed by atoms with E-state index in [0.717, 1.165) is 22.3 Å². The molecule has 0 radical (unpaired) electrons. The van der Waals surface area contributed by atoms with Gasteiger partial charge < -0.3 is 25.7 Å². The number of alkyl carbamates (subject to hydrolysis) is 1. The smallest absolute Gasteiger partial charge is 0.407 e. The molecule has 0 aromatic heterocycles. The molecular weight excluding hydrogens is 326 g/mol. The maximum absolute atomic E-state index is 11.8. The van der Waals surface area contributed by atoms with Crippen molar-refractivity contribution in [1.29, 1.82) is 0 Å². The van der Waals surface area contributed by atoms with E-state index in [4.69, 9.17) is 14.9 Å². The number of benzene rings is 2. The summed E-state index contributed by atoms with van der Waals surface area (Å²) in [6.45, 7) is -0.600. The number of aliphatic carboxylic acids is 1. The Morgan fingerprint density at radius 3 is 2.04 bits per heavy atom. The maximum atomic E-state index is 11.8. The lowest BCUT2D eigenvalue weighted by Crippen LogP contribution is -2.43. The lowest BCUT2D eigenvalue weighted by molar-refractivity contribution is -0.140. The minimum atomic E-state index is -1.37. The number of fused-ring (bicyclic) bond motifs is 3. The van der Waals surface area contributed by atoms with E-state index in [-0.39, 0.29) is 18.0 Å². The molecule has 2 aromatic rings. The van der Waals surface area contributed by atoms with Crippen molar-refractivity contribution in [2.75, 3.05) is 13.2 Å². The highest BCUT2D eigenvalue weighted by Crippen LogP contribution is 2.44. The third-order valence-corrected chi connectivity index (χ3v) is 4.12. The number of carbonyl (C=O) groups is 2. The Hall–Kier alpha value is -2.90. The molecule has 0 saturated carbocycles. The summed E-state index contributed by atoms with van der Waals surface area (Å²) in [6.07, 6.45) is -0.863. The van der Waals surface area contributed by atoms with Gasteiger partial charge in [0.2, 0.25) is 0 Å². The number of hydrogen-bond acceptors (Lipinski definition) is 4. The fourth-order valence-electron chi connectivity index (χ4n) is 2.97. The number of nitrogens with one attached hydrogen (secondary N) is 1. The second kappa shape index (κ2) is 7.78. The lowest BCUT2D eigenvalue weighted by atomic mass is 9.98. The topological polar surface area (TPSA) is 127 Å². The van der Waals surface area contributed by atoms with Crippen LogP contribution in [0.3, 0.4) is 0 Å². The number of aliphatic hydroxyl groups excluding tert-OH is 1. The summed E-state index contributed by atoms with van der Waals surface area (Å²) in [5.74, 6) is -1.41. The summed E-state index contributed by atoms with van der Waals surface area (Å²) in [7, 11) is 0. The molecular formula is C18H19NO6.